The van der Waals surface area contributed by atoms with Crippen molar-refractivity contribution in [3.05, 3.63) is 12.3 Å². The van der Waals surface area contributed by atoms with Crippen molar-refractivity contribution in [2.45, 2.75) is 13.0 Å². The van der Waals surface area contributed by atoms with Gasteiger partial charge in [-0.15, -0.1) is 0 Å². The van der Waals surface area contributed by atoms with Crippen molar-refractivity contribution in [3.8, 4) is 0 Å². The van der Waals surface area contributed by atoms with Crippen LogP contribution < -0.4 is 10.2 Å². The van der Waals surface area contributed by atoms with Crippen LogP contribution in [0.4, 0.5) is 11.8 Å². The zero-order valence-corrected chi connectivity index (χ0v) is 11.3. The van der Waals surface area contributed by atoms with Crippen LogP contribution in [-0.4, -0.2) is 54.4 Å². The van der Waals surface area contributed by atoms with Crippen molar-refractivity contribution in [1.82, 2.24) is 9.97 Å². The molecule has 1 saturated heterocycles. The Bertz CT molecular complexity index is 480. The number of hydrogen-bond acceptors (Lipinski definition) is 6. The number of hydrogen-bond donors (Lipinski definition) is 2. The molecule has 0 aromatic carbocycles. The highest BCUT2D eigenvalue weighted by molar-refractivity contribution is 5.76. The van der Waals surface area contributed by atoms with E-state index in [2.05, 4.69) is 15.3 Å². The molecule has 1 aromatic heterocycles. The zero-order chi connectivity index (χ0) is 14.0. The molecule has 1 aliphatic heterocycles. The number of ether oxygens (including phenoxy) is 1. The van der Waals surface area contributed by atoms with E-state index in [-0.39, 0.29) is 12.6 Å². The van der Waals surface area contributed by atoms with Gasteiger partial charge in [-0.25, -0.2) is 4.98 Å². The van der Waals surface area contributed by atoms with E-state index in [0.29, 0.717) is 18.4 Å². The van der Waals surface area contributed by atoms with Gasteiger partial charge in [0.15, 0.2) is 0 Å². The summed E-state index contributed by atoms with van der Waals surface area (Å²) < 4.78 is 5.29. The van der Waals surface area contributed by atoms with Crippen molar-refractivity contribution < 1.29 is 14.6 Å². The standard InChI is InChI=1S/C12H18N4O3/c1-12(10(17)18)7-19-6-8(12)14-9-4-5-13-11(15-9)16(2)3/h4-5,8H,6-7H2,1-3H3,(H,17,18)(H,13,14,15). The molecule has 104 valence electrons. The quantitative estimate of drug-likeness (QED) is 0.817. The fraction of sp³-hybridized carbons (Fsp3) is 0.583. The Hall–Kier alpha value is -1.89. The predicted octanol–water partition coefficient (Wildman–Crippen LogP) is 0.444. The Morgan fingerprint density at radius 1 is 1.63 bits per heavy atom. The van der Waals surface area contributed by atoms with E-state index < -0.39 is 11.4 Å². The molecule has 2 heterocycles. The van der Waals surface area contributed by atoms with E-state index in [1.54, 1.807) is 24.1 Å². The number of rotatable bonds is 4. The van der Waals surface area contributed by atoms with Gasteiger partial charge in [-0.1, -0.05) is 0 Å². The summed E-state index contributed by atoms with van der Waals surface area (Å²) in [7, 11) is 3.69. The Morgan fingerprint density at radius 2 is 2.37 bits per heavy atom. The van der Waals surface area contributed by atoms with Crippen LogP contribution in [0, 0.1) is 5.41 Å². The van der Waals surface area contributed by atoms with Gasteiger partial charge < -0.3 is 20.1 Å². The van der Waals surface area contributed by atoms with E-state index >= 15 is 0 Å². The zero-order valence-electron chi connectivity index (χ0n) is 11.3. The highest BCUT2D eigenvalue weighted by atomic mass is 16.5. The number of carboxylic acid groups (broad SMARTS) is 1. The minimum atomic E-state index is -0.941. The molecule has 0 bridgehead atoms. The minimum absolute atomic E-state index is 0.200. The fourth-order valence-electron chi connectivity index (χ4n) is 1.91. The molecule has 0 spiro atoms. The van der Waals surface area contributed by atoms with Crippen molar-refractivity contribution in [1.29, 1.82) is 0 Å². The molecule has 0 radical (unpaired) electrons. The van der Waals surface area contributed by atoms with Gasteiger partial charge in [0, 0.05) is 20.3 Å². The number of carbonyl (C=O) groups is 1. The Balaban J connectivity index is 2.17. The first kappa shape index (κ1) is 13.5. The second-order valence-electron chi connectivity index (χ2n) is 5.07. The van der Waals surface area contributed by atoms with Gasteiger partial charge in [-0.3, -0.25) is 4.79 Å². The maximum absolute atomic E-state index is 11.3. The molecule has 2 unspecified atom stereocenters. The summed E-state index contributed by atoms with van der Waals surface area (Å²) in [6, 6.07) is 1.41. The van der Waals surface area contributed by atoms with Crippen LogP contribution in [0.2, 0.25) is 0 Å². The molecule has 1 aromatic rings. The molecule has 0 saturated carbocycles. The number of nitrogens with one attached hydrogen (secondary N) is 1. The summed E-state index contributed by atoms with van der Waals surface area (Å²) in [6.45, 7) is 2.23. The van der Waals surface area contributed by atoms with Crippen LogP contribution >= 0.6 is 0 Å². The lowest BCUT2D eigenvalue weighted by Gasteiger charge is -2.26. The lowest BCUT2D eigenvalue weighted by molar-refractivity contribution is -0.148. The van der Waals surface area contributed by atoms with Crippen molar-refractivity contribution in [2.24, 2.45) is 5.41 Å². The molecule has 7 heteroatoms. The summed E-state index contributed by atoms with van der Waals surface area (Å²) in [5.41, 5.74) is -0.941. The summed E-state index contributed by atoms with van der Waals surface area (Å²) >= 11 is 0. The van der Waals surface area contributed by atoms with Gasteiger partial charge in [0.25, 0.3) is 0 Å². The van der Waals surface area contributed by atoms with Crippen LogP contribution in [0.1, 0.15) is 6.92 Å². The van der Waals surface area contributed by atoms with Crippen LogP contribution in [-0.2, 0) is 9.53 Å². The minimum Gasteiger partial charge on any atom is -0.481 e. The summed E-state index contributed by atoms with van der Waals surface area (Å²) in [6.07, 6.45) is 1.64. The van der Waals surface area contributed by atoms with E-state index in [9.17, 15) is 9.90 Å². The SMILES string of the molecule is CN(C)c1nccc(NC2COCC2(C)C(=O)O)n1. The number of carboxylic acids is 1. The molecule has 2 atom stereocenters. The first-order valence-corrected chi connectivity index (χ1v) is 6.01. The number of anilines is 2. The molecule has 2 rings (SSSR count). The average Bonchev–Trinajstić information content (AvgIpc) is 2.73. The molecule has 1 fully saturated rings. The second kappa shape index (κ2) is 5.00. The van der Waals surface area contributed by atoms with Crippen LogP contribution in [0.3, 0.4) is 0 Å². The number of aliphatic carboxylic acids is 1. The molecule has 7 nitrogen and oxygen atoms in total. The van der Waals surface area contributed by atoms with Crippen LogP contribution in [0.15, 0.2) is 12.3 Å². The Labute approximate surface area is 111 Å². The third-order valence-electron chi connectivity index (χ3n) is 3.31. The van der Waals surface area contributed by atoms with Crippen molar-refractivity contribution in [3.63, 3.8) is 0 Å². The molecule has 0 amide bonds. The van der Waals surface area contributed by atoms with Crippen molar-refractivity contribution >= 4 is 17.7 Å². The maximum Gasteiger partial charge on any atom is 0.313 e. The van der Waals surface area contributed by atoms with Gasteiger partial charge in [0.1, 0.15) is 11.2 Å². The first-order chi connectivity index (χ1) is 8.93. The van der Waals surface area contributed by atoms with Gasteiger partial charge in [-0.2, -0.15) is 4.98 Å². The normalized spacial score (nSPS) is 26.2. The van der Waals surface area contributed by atoms with Gasteiger partial charge in [-0.05, 0) is 13.0 Å². The van der Waals surface area contributed by atoms with Crippen LogP contribution in [0.25, 0.3) is 0 Å². The second-order valence-corrected chi connectivity index (χ2v) is 5.07. The number of aromatic nitrogens is 2. The molecule has 1 aliphatic rings. The Morgan fingerprint density at radius 3 is 3.00 bits per heavy atom. The third-order valence-corrected chi connectivity index (χ3v) is 3.31. The largest absolute Gasteiger partial charge is 0.481 e. The third kappa shape index (κ3) is 2.60. The number of nitrogens with zero attached hydrogens (tertiary/aromatic N) is 3. The van der Waals surface area contributed by atoms with E-state index in [1.165, 1.54) is 0 Å². The smallest absolute Gasteiger partial charge is 0.313 e. The summed E-state index contributed by atoms with van der Waals surface area (Å²) in [5.74, 6) is 0.298. The highest BCUT2D eigenvalue weighted by Crippen LogP contribution is 2.30. The van der Waals surface area contributed by atoms with Crippen LogP contribution in [0.5, 0.6) is 0 Å². The first-order valence-electron chi connectivity index (χ1n) is 6.01. The van der Waals surface area contributed by atoms with E-state index in [4.69, 9.17) is 4.74 Å². The summed E-state index contributed by atoms with van der Waals surface area (Å²) in [4.78, 5) is 21.6. The molecule has 0 aliphatic carbocycles. The molecule has 19 heavy (non-hydrogen) atoms. The van der Waals surface area contributed by atoms with E-state index in [1.807, 2.05) is 14.1 Å². The lowest BCUT2D eigenvalue weighted by atomic mass is 9.85. The topological polar surface area (TPSA) is 87.6 Å². The van der Waals surface area contributed by atoms with Gasteiger partial charge in [0.2, 0.25) is 5.95 Å². The predicted molar refractivity (Wildman–Crippen MR) is 70.3 cm³/mol. The van der Waals surface area contributed by atoms with Crippen molar-refractivity contribution in [2.75, 3.05) is 37.5 Å². The van der Waals surface area contributed by atoms with Gasteiger partial charge in [0.05, 0.1) is 19.3 Å². The Kier molecular flexibility index (Phi) is 3.57. The average molecular weight is 266 g/mol. The lowest BCUT2D eigenvalue weighted by Crippen LogP contribution is -2.43. The summed E-state index contributed by atoms with van der Waals surface area (Å²) in [5, 5.41) is 12.4. The monoisotopic (exact) mass is 266 g/mol. The maximum atomic E-state index is 11.3. The van der Waals surface area contributed by atoms with Gasteiger partial charge >= 0.3 is 5.97 Å². The van der Waals surface area contributed by atoms with E-state index in [0.717, 1.165) is 0 Å². The highest BCUT2D eigenvalue weighted by Gasteiger charge is 2.46. The molecular weight excluding hydrogens is 248 g/mol. The fourth-order valence-corrected chi connectivity index (χ4v) is 1.91. The molecule has 2 N–H and O–H groups in total. The molecular formula is C12H18N4O3.